The molecular weight excluding hydrogens is 321 g/mol. The number of benzene rings is 1. The summed E-state index contributed by atoms with van der Waals surface area (Å²) in [5, 5.41) is 11.6. The number of nitrogens with zero attached hydrogens (tertiary/aromatic N) is 1. The summed E-state index contributed by atoms with van der Waals surface area (Å²) in [7, 11) is 0. The zero-order valence-electron chi connectivity index (χ0n) is 12.2. The number of hydrogen-bond donors (Lipinski definition) is 1. The highest BCUT2D eigenvalue weighted by molar-refractivity contribution is 6.35. The van der Waals surface area contributed by atoms with Gasteiger partial charge in [0.1, 0.15) is 0 Å². The molecule has 1 aromatic carbocycles. The molecule has 0 saturated carbocycles. The zero-order valence-corrected chi connectivity index (χ0v) is 13.7. The molecule has 1 aromatic heterocycles. The van der Waals surface area contributed by atoms with E-state index in [2.05, 4.69) is 18.1 Å². The highest BCUT2D eigenvalue weighted by atomic mass is 35.5. The lowest BCUT2D eigenvalue weighted by Crippen LogP contribution is -2.34. The van der Waals surface area contributed by atoms with Crippen molar-refractivity contribution in [1.29, 1.82) is 0 Å². The van der Waals surface area contributed by atoms with Gasteiger partial charge in [-0.2, -0.15) is 0 Å². The quantitative estimate of drug-likeness (QED) is 0.665. The molecule has 0 saturated heterocycles. The summed E-state index contributed by atoms with van der Waals surface area (Å²) in [6, 6.07) is 8.29. The van der Waals surface area contributed by atoms with Crippen LogP contribution in [0.4, 0.5) is 0 Å². The molecule has 116 valence electrons. The average molecular weight is 338 g/mol. The first-order chi connectivity index (χ1) is 10.5. The third kappa shape index (κ3) is 3.74. The lowest BCUT2D eigenvalue weighted by atomic mass is 9.80. The first-order valence-electron chi connectivity index (χ1n) is 6.53. The number of pyridine rings is 1. The second kappa shape index (κ2) is 8.08. The van der Waals surface area contributed by atoms with E-state index in [4.69, 9.17) is 23.2 Å². The molecule has 0 bridgehead atoms. The Hall–Kier alpha value is -1.68. The normalized spacial score (nSPS) is 14.2. The van der Waals surface area contributed by atoms with Gasteiger partial charge in [-0.05, 0) is 23.8 Å². The molecule has 0 aliphatic carbocycles. The van der Waals surface area contributed by atoms with Crippen LogP contribution in [0.5, 0.6) is 0 Å². The van der Waals surface area contributed by atoms with Crippen molar-refractivity contribution in [3.05, 3.63) is 77.1 Å². The molecule has 0 radical (unpaired) electrons. The van der Waals surface area contributed by atoms with Crippen LogP contribution in [0.1, 0.15) is 24.0 Å². The predicted octanol–water partition coefficient (Wildman–Crippen LogP) is 4.38. The van der Waals surface area contributed by atoms with Crippen molar-refractivity contribution in [2.24, 2.45) is 0 Å². The van der Waals surface area contributed by atoms with E-state index >= 15 is 0 Å². The van der Waals surface area contributed by atoms with E-state index in [9.17, 15) is 9.90 Å². The third-order valence-corrected chi connectivity index (χ3v) is 3.96. The second-order valence-electron chi connectivity index (χ2n) is 4.57. The molecule has 1 heterocycles. The Labute approximate surface area is 140 Å². The van der Waals surface area contributed by atoms with Crippen molar-refractivity contribution in [1.82, 2.24) is 4.98 Å². The van der Waals surface area contributed by atoms with Crippen LogP contribution in [0.3, 0.4) is 0 Å². The summed E-state index contributed by atoms with van der Waals surface area (Å²) in [6.07, 6.45) is 3.56. The molecule has 0 spiro atoms. The molecule has 0 fully saturated rings. The number of rotatable bonds is 4. The number of carbonyl (C=O) groups excluding carboxylic acids is 1. The van der Waals surface area contributed by atoms with Crippen molar-refractivity contribution in [2.45, 2.75) is 18.4 Å². The molecule has 0 amide bonds. The Morgan fingerprint density at radius 3 is 2.50 bits per heavy atom. The minimum absolute atomic E-state index is 0.411. The zero-order chi connectivity index (χ0) is 16.8. The fourth-order valence-corrected chi connectivity index (χ4v) is 2.68. The number of hydrogen-bond acceptors (Lipinski definition) is 3. The molecule has 2 atom stereocenters. The maximum Gasteiger partial charge on any atom is 0.156 e. The van der Waals surface area contributed by atoms with Crippen LogP contribution in [-0.2, 0) is 10.4 Å². The van der Waals surface area contributed by atoms with Crippen molar-refractivity contribution in [2.75, 3.05) is 0 Å². The summed E-state index contributed by atoms with van der Waals surface area (Å²) in [6.45, 7) is 7.73. The van der Waals surface area contributed by atoms with Crippen LogP contribution in [-0.4, -0.2) is 16.4 Å². The van der Waals surface area contributed by atoms with Gasteiger partial charge in [-0.3, -0.25) is 9.78 Å². The van der Waals surface area contributed by atoms with Crippen LogP contribution < -0.4 is 0 Å². The molecule has 1 N–H and O–H groups in total. The summed E-state index contributed by atoms with van der Waals surface area (Å²) in [5.74, 6) is -0.533. The van der Waals surface area contributed by atoms with Crippen molar-refractivity contribution in [3.8, 4) is 0 Å². The molecule has 2 unspecified atom stereocenters. The van der Waals surface area contributed by atoms with Crippen molar-refractivity contribution >= 4 is 29.5 Å². The highest BCUT2D eigenvalue weighted by Gasteiger charge is 2.37. The largest absolute Gasteiger partial charge is 0.377 e. The summed E-state index contributed by atoms with van der Waals surface area (Å²) in [4.78, 5) is 15.4. The number of halogens is 2. The fraction of sp³-hybridized carbons (Fsp3) is 0.176. The first kappa shape index (κ1) is 18.4. The standard InChI is InChI=1S/C15H13Cl2NO2.C2H4/c1-10(13-5-4-12(16)7-14(13)17)15(20,9-19)11-3-2-6-18-8-11;1-2/h2-10,20H,1H3;1-2H2. The van der Waals surface area contributed by atoms with E-state index in [0.717, 1.165) is 0 Å². The van der Waals surface area contributed by atoms with E-state index in [0.29, 0.717) is 27.5 Å². The van der Waals surface area contributed by atoms with E-state index in [1.54, 1.807) is 43.5 Å². The molecule has 2 rings (SSSR count). The topological polar surface area (TPSA) is 50.2 Å². The number of aromatic nitrogens is 1. The molecule has 0 aliphatic rings. The van der Waals surface area contributed by atoms with Gasteiger partial charge in [0.15, 0.2) is 11.9 Å². The van der Waals surface area contributed by atoms with Crippen molar-refractivity contribution in [3.63, 3.8) is 0 Å². The van der Waals surface area contributed by atoms with Crippen molar-refractivity contribution < 1.29 is 9.90 Å². The van der Waals surface area contributed by atoms with Gasteiger partial charge in [-0.25, -0.2) is 0 Å². The van der Waals surface area contributed by atoms with Gasteiger partial charge in [-0.1, -0.05) is 42.3 Å². The maximum atomic E-state index is 11.5. The SMILES string of the molecule is C=C.CC(c1ccc(Cl)cc1Cl)C(O)(C=O)c1cccnc1. The predicted molar refractivity (Wildman–Crippen MR) is 90.3 cm³/mol. The maximum absolute atomic E-state index is 11.5. The molecule has 22 heavy (non-hydrogen) atoms. The van der Waals surface area contributed by atoms with E-state index < -0.39 is 11.5 Å². The highest BCUT2D eigenvalue weighted by Crippen LogP contribution is 2.38. The molecule has 5 heteroatoms. The Balaban J connectivity index is 0.00000116. The van der Waals surface area contributed by atoms with Gasteiger partial charge in [-0.15, -0.1) is 13.2 Å². The Bertz CT molecular complexity index is 634. The summed E-state index contributed by atoms with van der Waals surface area (Å²) < 4.78 is 0. The Kier molecular flexibility index (Phi) is 6.75. The molecule has 2 aromatic rings. The number of carbonyl (C=O) groups is 1. The van der Waals surface area contributed by atoms with Crippen LogP contribution in [0.25, 0.3) is 0 Å². The average Bonchev–Trinajstić information content (AvgIpc) is 2.56. The molecular formula is C17H17Cl2NO2. The number of aldehydes is 1. The van der Waals surface area contributed by atoms with Gasteiger partial charge in [0.05, 0.1) is 0 Å². The summed E-state index contributed by atoms with van der Waals surface area (Å²) >= 11 is 12.0. The Morgan fingerprint density at radius 1 is 1.32 bits per heavy atom. The van der Waals surface area contributed by atoms with Crippen LogP contribution >= 0.6 is 23.2 Å². The van der Waals surface area contributed by atoms with Gasteiger partial charge < -0.3 is 5.11 Å². The van der Waals surface area contributed by atoms with Crippen LogP contribution in [0, 0.1) is 0 Å². The lowest BCUT2D eigenvalue weighted by molar-refractivity contribution is -0.127. The van der Waals surface area contributed by atoms with Gasteiger partial charge in [0, 0.05) is 33.9 Å². The second-order valence-corrected chi connectivity index (χ2v) is 5.42. The lowest BCUT2D eigenvalue weighted by Gasteiger charge is -2.30. The van der Waals surface area contributed by atoms with Crippen LogP contribution in [0.2, 0.25) is 10.0 Å². The van der Waals surface area contributed by atoms with E-state index in [1.807, 2.05) is 0 Å². The number of aliphatic hydroxyl groups is 1. The summed E-state index contributed by atoms with van der Waals surface area (Å²) in [5.41, 5.74) is -0.617. The third-order valence-electron chi connectivity index (χ3n) is 3.39. The molecule has 3 nitrogen and oxygen atoms in total. The Morgan fingerprint density at radius 2 is 2.00 bits per heavy atom. The van der Waals surface area contributed by atoms with Crippen LogP contribution in [0.15, 0.2) is 55.9 Å². The minimum Gasteiger partial charge on any atom is -0.377 e. The van der Waals surface area contributed by atoms with Gasteiger partial charge >= 0.3 is 0 Å². The monoisotopic (exact) mass is 337 g/mol. The van der Waals surface area contributed by atoms with Gasteiger partial charge in [0.25, 0.3) is 0 Å². The van der Waals surface area contributed by atoms with E-state index in [-0.39, 0.29) is 0 Å². The fourth-order valence-electron chi connectivity index (χ4n) is 2.11. The van der Waals surface area contributed by atoms with Gasteiger partial charge in [0.2, 0.25) is 0 Å². The minimum atomic E-state index is -1.69. The first-order valence-corrected chi connectivity index (χ1v) is 7.29. The molecule has 0 aliphatic heterocycles. The van der Waals surface area contributed by atoms with E-state index in [1.165, 1.54) is 6.20 Å². The smallest absolute Gasteiger partial charge is 0.156 e.